The Kier molecular flexibility index (Phi) is 6.08. The van der Waals surface area contributed by atoms with Crippen LogP contribution in [0.1, 0.15) is 5.01 Å². The van der Waals surface area contributed by atoms with Gasteiger partial charge in [-0.3, -0.25) is 14.5 Å². The van der Waals surface area contributed by atoms with Crippen LogP contribution in [0.4, 0.5) is 5.69 Å². The maximum absolute atomic E-state index is 12.7. The number of carbonyl (C=O) groups excluding carboxylic acids is 2. The third-order valence-corrected chi connectivity index (χ3v) is 5.84. The first-order chi connectivity index (χ1) is 14.2. The van der Waals surface area contributed by atoms with Crippen molar-refractivity contribution in [2.75, 3.05) is 58.1 Å². The van der Waals surface area contributed by atoms with Gasteiger partial charge >= 0.3 is 0 Å². The van der Waals surface area contributed by atoms with Gasteiger partial charge in [-0.15, -0.1) is 11.3 Å². The van der Waals surface area contributed by atoms with E-state index in [0.717, 1.165) is 22.7 Å². The first-order valence-corrected chi connectivity index (χ1v) is 10.4. The van der Waals surface area contributed by atoms with Crippen LogP contribution < -0.4 is 9.64 Å². The molecule has 154 valence electrons. The first kappa shape index (κ1) is 19.8. The Labute approximate surface area is 173 Å². The Balaban J connectivity index is 1.56. The van der Waals surface area contributed by atoms with Crippen LogP contribution in [0.3, 0.4) is 0 Å². The summed E-state index contributed by atoms with van der Waals surface area (Å²) in [5, 5.41) is 2.98. The molecule has 1 fully saturated rings. The highest BCUT2D eigenvalue weighted by molar-refractivity contribution is 7.09. The van der Waals surface area contributed by atoms with Gasteiger partial charge in [0.15, 0.2) is 6.61 Å². The summed E-state index contributed by atoms with van der Waals surface area (Å²) in [7, 11) is 1.67. The number of ether oxygens (including phenoxy) is 3. The van der Waals surface area contributed by atoms with E-state index in [4.69, 9.17) is 14.2 Å². The van der Waals surface area contributed by atoms with Crippen LogP contribution in [-0.2, 0) is 25.5 Å². The van der Waals surface area contributed by atoms with E-state index in [1.54, 1.807) is 23.3 Å². The molecular weight excluding hydrogens is 394 g/mol. The summed E-state index contributed by atoms with van der Waals surface area (Å²) in [6.45, 7) is 2.70. The number of anilines is 1. The van der Waals surface area contributed by atoms with Crippen molar-refractivity contribution in [3.63, 3.8) is 0 Å². The van der Waals surface area contributed by atoms with Crippen molar-refractivity contribution in [1.82, 2.24) is 9.88 Å². The van der Waals surface area contributed by atoms with Gasteiger partial charge in [0.25, 0.3) is 5.91 Å². The number of nitrogens with zero attached hydrogens (tertiary/aromatic N) is 3. The second-order valence-electron chi connectivity index (χ2n) is 6.81. The third kappa shape index (κ3) is 4.42. The molecule has 0 aliphatic carbocycles. The normalized spacial score (nSPS) is 16.5. The minimum Gasteiger partial charge on any atom is -0.482 e. The van der Waals surface area contributed by atoms with Crippen LogP contribution in [0.15, 0.2) is 23.6 Å². The van der Waals surface area contributed by atoms with Gasteiger partial charge in [0.2, 0.25) is 5.91 Å². The summed E-state index contributed by atoms with van der Waals surface area (Å²) in [4.78, 5) is 33.1. The van der Waals surface area contributed by atoms with Gasteiger partial charge in [-0.05, 0) is 18.2 Å². The number of thiazole rings is 1. The number of carbonyl (C=O) groups is 2. The lowest BCUT2D eigenvalue weighted by molar-refractivity contribution is -0.135. The molecule has 0 atom stereocenters. The molecule has 0 saturated carbocycles. The second-order valence-corrected chi connectivity index (χ2v) is 7.76. The van der Waals surface area contributed by atoms with E-state index in [2.05, 4.69) is 4.98 Å². The number of hydrogen-bond donors (Lipinski definition) is 0. The molecule has 0 radical (unpaired) electrons. The van der Waals surface area contributed by atoms with Crippen molar-refractivity contribution >= 4 is 28.8 Å². The molecule has 0 N–H and O–H groups in total. The van der Waals surface area contributed by atoms with Crippen molar-refractivity contribution < 1.29 is 23.8 Å². The minimum atomic E-state index is -0.227. The predicted octanol–water partition coefficient (Wildman–Crippen LogP) is 1.58. The number of methoxy groups -OCH3 is 1. The third-order valence-electron chi connectivity index (χ3n) is 4.93. The van der Waals surface area contributed by atoms with Crippen molar-refractivity contribution in [3.05, 3.63) is 28.6 Å². The lowest BCUT2D eigenvalue weighted by Crippen LogP contribution is -2.49. The Bertz CT molecular complexity index is 894. The lowest BCUT2D eigenvalue weighted by Gasteiger charge is -2.32. The molecule has 8 nitrogen and oxygen atoms in total. The Morgan fingerprint density at radius 1 is 1.31 bits per heavy atom. The molecule has 2 aliphatic rings. The quantitative estimate of drug-likeness (QED) is 0.710. The summed E-state index contributed by atoms with van der Waals surface area (Å²) in [6.07, 6.45) is 0.758. The van der Waals surface area contributed by atoms with Crippen LogP contribution in [0.25, 0.3) is 11.3 Å². The van der Waals surface area contributed by atoms with Gasteiger partial charge in [-0.2, -0.15) is 0 Å². The van der Waals surface area contributed by atoms with E-state index in [9.17, 15) is 9.59 Å². The molecule has 9 heteroatoms. The highest BCUT2D eigenvalue weighted by Gasteiger charge is 2.30. The zero-order valence-electron chi connectivity index (χ0n) is 16.3. The highest BCUT2D eigenvalue weighted by atomic mass is 32.1. The number of amides is 2. The van der Waals surface area contributed by atoms with Gasteiger partial charge in [-0.25, -0.2) is 4.98 Å². The first-order valence-electron chi connectivity index (χ1n) is 9.52. The van der Waals surface area contributed by atoms with Crippen molar-refractivity contribution in [2.45, 2.75) is 6.42 Å². The minimum absolute atomic E-state index is 0.00516. The fourth-order valence-corrected chi connectivity index (χ4v) is 4.12. The average molecular weight is 417 g/mol. The Hall–Kier alpha value is -2.49. The van der Waals surface area contributed by atoms with Crippen LogP contribution in [-0.4, -0.2) is 74.9 Å². The molecule has 1 aromatic heterocycles. The van der Waals surface area contributed by atoms with E-state index in [1.165, 1.54) is 4.90 Å². The number of morpholine rings is 1. The van der Waals surface area contributed by atoms with Crippen molar-refractivity contribution in [1.29, 1.82) is 0 Å². The molecule has 0 bridgehead atoms. The van der Waals surface area contributed by atoms with E-state index < -0.39 is 0 Å². The van der Waals surface area contributed by atoms with Gasteiger partial charge in [0.05, 0.1) is 36.2 Å². The lowest BCUT2D eigenvalue weighted by atomic mass is 10.1. The topological polar surface area (TPSA) is 81.2 Å². The van der Waals surface area contributed by atoms with E-state index in [-0.39, 0.29) is 25.0 Å². The van der Waals surface area contributed by atoms with Crippen LogP contribution >= 0.6 is 11.3 Å². The number of rotatable bonds is 6. The maximum Gasteiger partial charge on any atom is 0.265 e. The van der Waals surface area contributed by atoms with Crippen LogP contribution in [0.2, 0.25) is 0 Å². The molecule has 2 aromatic rings. The van der Waals surface area contributed by atoms with Gasteiger partial charge in [-0.1, -0.05) is 0 Å². The van der Waals surface area contributed by atoms with Gasteiger partial charge in [0, 0.05) is 37.6 Å². The fourth-order valence-electron chi connectivity index (χ4n) is 3.33. The molecule has 1 aromatic carbocycles. The predicted molar refractivity (Wildman–Crippen MR) is 108 cm³/mol. The molecule has 0 spiro atoms. The Morgan fingerprint density at radius 2 is 2.14 bits per heavy atom. The zero-order valence-corrected chi connectivity index (χ0v) is 17.1. The monoisotopic (exact) mass is 417 g/mol. The second kappa shape index (κ2) is 8.89. The summed E-state index contributed by atoms with van der Waals surface area (Å²) < 4.78 is 16.0. The zero-order chi connectivity index (χ0) is 20.2. The Morgan fingerprint density at radius 3 is 2.93 bits per heavy atom. The van der Waals surface area contributed by atoms with E-state index in [1.807, 2.05) is 23.6 Å². The summed E-state index contributed by atoms with van der Waals surface area (Å²) >= 11 is 1.58. The number of benzene rings is 1. The summed E-state index contributed by atoms with van der Waals surface area (Å²) in [6, 6.07) is 5.62. The largest absolute Gasteiger partial charge is 0.482 e. The van der Waals surface area contributed by atoms with Gasteiger partial charge < -0.3 is 19.1 Å². The fraction of sp³-hybridized carbons (Fsp3) is 0.450. The smallest absolute Gasteiger partial charge is 0.265 e. The average Bonchev–Trinajstić information content (AvgIpc) is 3.23. The van der Waals surface area contributed by atoms with Crippen LogP contribution in [0.5, 0.6) is 5.75 Å². The maximum atomic E-state index is 12.7. The molecular formula is C20H23N3O5S. The SMILES string of the molecule is COCCc1nc(-c2ccc3c(c2)N(CC(=O)N2CCOCC2)C(=O)CO3)cs1. The molecule has 3 heterocycles. The molecule has 4 rings (SSSR count). The summed E-state index contributed by atoms with van der Waals surface area (Å²) in [5.41, 5.74) is 2.32. The van der Waals surface area contributed by atoms with Crippen molar-refractivity contribution in [3.8, 4) is 17.0 Å². The molecule has 2 amide bonds. The molecule has 1 saturated heterocycles. The highest BCUT2D eigenvalue weighted by Crippen LogP contribution is 2.36. The molecule has 2 aliphatic heterocycles. The van der Waals surface area contributed by atoms with E-state index in [0.29, 0.717) is 44.3 Å². The summed E-state index contributed by atoms with van der Waals surface area (Å²) in [5.74, 6) is 0.281. The van der Waals surface area contributed by atoms with Gasteiger partial charge in [0.1, 0.15) is 12.3 Å². The number of aromatic nitrogens is 1. The standard InChI is InChI=1S/C20H23N3O5S/c1-26-7-4-18-21-15(13-29-18)14-2-3-17-16(10-14)23(20(25)12-28-17)11-19(24)22-5-8-27-9-6-22/h2-3,10,13H,4-9,11-12H2,1H3. The van der Waals surface area contributed by atoms with Crippen LogP contribution in [0, 0.1) is 0 Å². The molecule has 0 unspecified atom stereocenters. The number of fused-ring (bicyclic) bond motifs is 1. The van der Waals surface area contributed by atoms with Crippen molar-refractivity contribution in [2.24, 2.45) is 0 Å². The molecule has 29 heavy (non-hydrogen) atoms. The number of hydrogen-bond acceptors (Lipinski definition) is 7. The van der Waals surface area contributed by atoms with E-state index >= 15 is 0 Å².